The van der Waals surface area contributed by atoms with Crippen molar-refractivity contribution in [2.45, 2.75) is 12.5 Å². The van der Waals surface area contributed by atoms with E-state index in [1.807, 2.05) is 36.4 Å². The third kappa shape index (κ3) is 3.09. The highest BCUT2D eigenvalue weighted by molar-refractivity contribution is 5.87. The lowest BCUT2D eigenvalue weighted by Gasteiger charge is -2.36. The van der Waals surface area contributed by atoms with Crippen molar-refractivity contribution >= 4 is 17.3 Å². The van der Waals surface area contributed by atoms with E-state index in [4.69, 9.17) is 5.26 Å². The number of hydrogen-bond acceptors (Lipinski definition) is 3. The van der Waals surface area contributed by atoms with Gasteiger partial charge in [-0.3, -0.25) is 4.79 Å². The Labute approximate surface area is 135 Å². The summed E-state index contributed by atoms with van der Waals surface area (Å²) in [5.41, 5.74) is 3.98. The van der Waals surface area contributed by atoms with Crippen molar-refractivity contribution in [3.05, 3.63) is 72.3 Å². The van der Waals surface area contributed by atoms with Crippen LogP contribution in [0.15, 0.2) is 61.2 Å². The molecule has 1 unspecified atom stereocenters. The molecule has 3 rings (SSSR count). The Bertz CT molecular complexity index is 774. The summed E-state index contributed by atoms with van der Waals surface area (Å²) in [5.74, 6) is -0.158. The number of para-hydroxylation sites is 1. The minimum Gasteiger partial charge on any atom is -0.348 e. The van der Waals surface area contributed by atoms with Crippen molar-refractivity contribution < 1.29 is 4.79 Å². The van der Waals surface area contributed by atoms with Crippen molar-refractivity contribution in [1.29, 1.82) is 5.26 Å². The molecule has 1 aliphatic rings. The first-order valence-electron chi connectivity index (χ1n) is 7.50. The molecular weight excluding hydrogens is 286 g/mol. The zero-order valence-corrected chi connectivity index (χ0v) is 12.7. The number of nitriles is 1. The van der Waals surface area contributed by atoms with Gasteiger partial charge in [-0.1, -0.05) is 24.8 Å². The minimum atomic E-state index is -0.158. The number of nitrogens with one attached hydrogen (secondary N) is 1. The third-order valence-electron chi connectivity index (χ3n) is 3.99. The molecule has 4 nitrogen and oxygen atoms in total. The van der Waals surface area contributed by atoms with Crippen LogP contribution in [-0.2, 0) is 11.2 Å². The van der Waals surface area contributed by atoms with Crippen LogP contribution in [0.4, 0.5) is 11.4 Å². The summed E-state index contributed by atoms with van der Waals surface area (Å²) < 4.78 is 0. The first-order chi connectivity index (χ1) is 11.2. The Morgan fingerprint density at radius 1 is 1.26 bits per heavy atom. The van der Waals surface area contributed by atoms with E-state index in [0.717, 1.165) is 17.8 Å². The maximum absolute atomic E-state index is 11.6. The standard InChI is InChI=1S/C19H17N3O/c1-2-19(23)21-16-11-15-5-3-4-6-18(15)22(13-16)17-9-7-14(12-20)8-10-17/h2-10,16H,1,11,13H2,(H,21,23). The first-order valence-corrected chi connectivity index (χ1v) is 7.50. The van der Waals surface area contributed by atoms with Crippen LogP contribution in [0.25, 0.3) is 0 Å². The molecule has 1 amide bonds. The van der Waals surface area contributed by atoms with E-state index in [9.17, 15) is 4.79 Å². The molecule has 0 aliphatic carbocycles. The molecule has 0 saturated carbocycles. The van der Waals surface area contributed by atoms with Gasteiger partial charge in [-0.05, 0) is 48.4 Å². The molecule has 0 spiro atoms. The van der Waals surface area contributed by atoms with Gasteiger partial charge >= 0.3 is 0 Å². The molecule has 114 valence electrons. The molecule has 2 aromatic rings. The molecule has 0 aromatic heterocycles. The molecule has 2 aromatic carbocycles. The van der Waals surface area contributed by atoms with Gasteiger partial charge in [-0.2, -0.15) is 5.26 Å². The fourth-order valence-electron chi connectivity index (χ4n) is 2.91. The van der Waals surface area contributed by atoms with Crippen molar-refractivity contribution in [2.24, 2.45) is 0 Å². The number of anilines is 2. The normalized spacial score (nSPS) is 16.1. The second kappa shape index (κ2) is 6.37. The van der Waals surface area contributed by atoms with Crippen LogP contribution in [0.5, 0.6) is 0 Å². The smallest absolute Gasteiger partial charge is 0.243 e. The van der Waals surface area contributed by atoms with Gasteiger partial charge in [0.1, 0.15) is 0 Å². The van der Waals surface area contributed by atoms with E-state index < -0.39 is 0 Å². The van der Waals surface area contributed by atoms with Gasteiger partial charge in [0.25, 0.3) is 0 Å². The number of benzene rings is 2. The number of carbonyl (C=O) groups is 1. The van der Waals surface area contributed by atoms with Gasteiger partial charge in [-0.25, -0.2) is 0 Å². The minimum absolute atomic E-state index is 0.0195. The Hall–Kier alpha value is -3.06. The van der Waals surface area contributed by atoms with E-state index in [2.05, 4.69) is 35.0 Å². The number of carbonyl (C=O) groups excluding carboxylic acids is 1. The third-order valence-corrected chi connectivity index (χ3v) is 3.99. The Kier molecular flexibility index (Phi) is 4.11. The topological polar surface area (TPSA) is 56.1 Å². The lowest BCUT2D eigenvalue weighted by Crippen LogP contribution is -2.46. The van der Waals surface area contributed by atoms with Gasteiger partial charge in [0.2, 0.25) is 5.91 Å². The fraction of sp³-hybridized carbons (Fsp3) is 0.158. The maximum Gasteiger partial charge on any atom is 0.243 e. The monoisotopic (exact) mass is 303 g/mol. The van der Waals surface area contributed by atoms with Gasteiger partial charge in [0, 0.05) is 17.9 Å². The quantitative estimate of drug-likeness (QED) is 0.887. The zero-order valence-electron chi connectivity index (χ0n) is 12.7. The lowest BCUT2D eigenvalue weighted by atomic mass is 9.97. The maximum atomic E-state index is 11.6. The number of hydrogen-bond donors (Lipinski definition) is 1. The molecule has 0 bridgehead atoms. The Morgan fingerprint density at radius 3 is 2.70 bits per heavy atom. The van der Waals surface area contributed by atoms with Crippen LogP contribution in [0, 0.1) is 11.3 Å². The van der Waals surface area contributed by atoms with Crippen LogP contribution in [0.2, 0.25) is 0 Å². The predicted molar refractivity (Wildman–Crippen MR) is 90.4 cm³/mol. The van der Waals surface area contributed by atoms with E-state index >= 15 is 0 Å². The first kappa shape index (κ1) is 14.9. The van der Waals surface area contributed by atoms with E-state index in [1.54, 1.807) is 0 Å². The van der Waals surface area contributed by atoms with Gasteiger partial charge in [0.05, 0.1) is 17.7 Å². The van der Waals surface area contributed by atoms with Gasteiger partial charge in [0.15, 0.2) is 0 Å². The number of amides is 1. The van der Waals surface area contributed by atoms with E-state index in [-0.39, 0.29) is 11.9 Å². The predicted octanol–water partition coefficient (Wildman–Crippen LogP) is 2.92. The largest absolute Gasteiger partial charge is 0.348 e. The number of nitrogens with zero attached hydrogens (tertiary/aromatic N) is 2. The van der Waals surface area contributed by atoms with Crippen molar-refractivity contribution in [3.8, 4) is 6.07 Å². The molecule has 4 heteroatoms. The van der Waals surface area contributed by atoms with Gasteiger partial charge in [-0.15, -0.1) is 0 Å². The summed E-state index contributed by atoms with van der Waals surface area (Å²) in [5, 5.41) is 11.9. The fourth-order valence-corrected chi connectivity index (χ4v) is 2.91. The van der Waals surface area contributed by atoms with Gasteiger partial charge < -0.3 is 10.2 Å². The molecular formula is C19H17N3O. The van der Waals surface area contributed by atoms with Crippen LogP contribution >= 0.6 is 0 Å². The van der Waals surface area contributed by atoms with Crippen LogP contribution in [-0.4, -0.2) is 18.5 Å². The number of fused-ring (bicyclic) bond motifs is 1. The highest BCUT2D eigenvalue weighted by atomic mass is 16.1. The molecule has 1 aliphatic heterocycles. The molecule has 1 atom stereocenters. The van der Waals surface area contributed by atoms with E-state index in [0.29, 0.717) is 12.1 Å². The average molecular weight is 303 g/mol. The lowest BCUT2D eigenvalue weighted by molar-refractivity contribution is -0.117. The number of rotatable bonds is 3. The van der Waals surface area contributed by atoms with Crippen LogP contribution in [0.1, 0.15) is 11.1 Å². The van der Waals surface area contributed by atoms with Crippen molar-refractivity contribution in [3.63, 3.8) is 0 Å². The molecule has 1 N–H and O–H groups in total. The average Bonchev–Trinajstić information content (AvgIpc) is 2.61. The summed E-state index contributed by atoms with van der Waals surface area (Å²) >= 11 is 0. The van der Waals surface area contributed by atoms with Crippen molar-refractivity contribution in [2.75, 3.05) is 11.4 Å². The molecule has 1 heterocycles. The summed E-state index contributed by atoms with van der Waals surface area (Å²) in [6, 6.07) is 17.8. The second-order valence-corrected chi connectivity index (χ2v) is 5.51. The highest BCUT2D eigenvalue weighted by Gasteiger charge is 2.25. The summed E-state index contributed by atoms with van der Waals surface area (Å²) in [6.07, 6.45) is 2.09. The Balaban J connectivity index is 1.95. The van der Waals surface area contributed by atoms with E-state index in [1.165, 1.54) is 11.6 Å². The SMILES string of the molecule is C=CC(=O)NC1Cc2ccccc2N(c2ccc(C#N)cc2)C1. The highest BCUT2D eigenvalue weighted by Crippen LogP contribution is 2.33. The molecule has 0 radical (unpaired) electrons. The zero-order chi connectivity index (χ0) is 16.2. The summed E-state index contributed by atoms with van der Waals surface area (Å²) in [6.45, 7) is 4.19. The van der Waals surface area contributed by atoms with Crippen LogP contribution < -0.4 is 10.2 Å². The Morgan fingerprint density at radius 2 is 2.00 bits per heavy atom. The summed E-state index contributed by atoms with van der Waals surface area (Å²) in [7, 11) is 0. The molecule has 23 heavy (non-hydrogen) atoms. The summed E-state index contributed by atoms with van der Waals surface area (Å²) in [4.78, 5) is 13.8. The van der Waals surface area contributed by atoms with Crippen molar-refractivity contribution in [1.82, 2.24) is 5.32 Å². The molecule has 0 saturated heterocycles. The second-order valence-electron chi connectivity index (χ2n) is 5.51. The van der Waals surface area contributed by atoms with Crippen LogP contribution in [0.3, 0.4) is 0 Å². The molecule has 0 fully saturated rings.